The molecular formula is C15H19NO3S. The molecule has 0 fully saturated rings. The maximum Gasteiger partial charge on any atom is 0.152 e. The van der Waals surface area contributed by atoms with Gasteiger partial charge in [-0.25, -0.2) is 8.42 Å². The van der Waals surface area contributed by atoms with E-state index in [1.54, 1.807) is 13.8 Å². The van der Waals surface area contributed by atoms with Crippen LogP contribution in [0.3, 0.4) is 0 Å². The number of hydrogen-bond acceptors (Lipinski definition) is 4. The molecule has 0 N–H and O–H groups in total. The van der Waals surface area contributed by atoms with Gasteiger partial charge in [-0.05, 0) is 38.3 Å². The minimum absolute atomic E-state index is 0.0315. The third-order valence-electron chi connectivity index (χ3n) is 3.83. The van der Waals surface area contributed by atoms with Crippen molar-refractivity contribution in [1.82, 2.24) is 0 Å². The van der Waals surface area contributed by atoms with Gasteiger partial charge in [-0.15, -0.1) is 0 Å². The zero-order valence-electron chi connectivity index (χ0n) is 11.8. The largest absolute Gasteiger partial charge is 0.492 e. The third-order valence-corrected chi connectivity index (χ3v) is 6.04. The molecule has 0 spiro atoms. The van der Waals surface area contributed by atoms with Crippen LogP contribution in [0.5, 0.6) is 5.75 Å². The minimum Gasteiger partial charge on any atom is -0.492 e. The molecule has 0 radical (unpaired) electrons. The lowest BCUT2D eigenvalue weighted by Crippen LogP contribution is -2.36. The second-order valence-electron chi connectivity index (χ2n) is 5.63. The summed E-state index contributed by atoms with van der Waals surface area (Å²) in [6.07, 6.45) is 0.867. The molecule has 1 atom stereocenters. The normalized spacial score (nSPS) is 21.9. The van der Waals surface area contributed by atoms with Crippen LogP contribution in [0.2, 0.25) is 0 Å². The molecule has 20 heavy (non-hydrogen) atoms. The van der Waals surface area contributed by atoms with E-state index < -0.39 is 20.5 Å². The summed E-state index contributed by atoms with van der Waals surface area (Å²) in [7, 11) is -3.13. The van der Waals surface area contributed by atoms with Gasteiger partial charge < -0.3 is 4.74 Å². The van der Waals surface area contributed by atoms with Gasteiger partial charge in [0.1, 0.15) is 12.4 Å². The first-order valence-electron chi connectivity index (χ1n) is 6.72. The van der Waals surface area contributed by atoms with Gasteiger partial charge in [-0.3, -0.25) is 0 Å². The van der Waals surface area contributed by atoms with E-state index in [9.17, 15) is 13.7 Å². The van der Waals surface area contributed by atoms with Gasteiger partial charge in [0.15, 0.2) is 9.84 Å². The summed E-state index contributed by atoms with van der Waals surface area (Å²) in [6.45, 7) is 3.59. The first-order chi connectivity index (χ1) is 9.38. The van der Waals surface area contributed by atoms with Crippen molar-refractivity contribution >= 4 is 9.84 Å². The van der Waals surface area contributed by atoms with Crippen LogP contribution in [0, 0.1) is 16.7 Å². The van der Waals surface area contributed by atoms with Crippen LogP contribution in [0.1, 0.15) is 25.8 Å². The lowest BCUT2D eigenvalue weighted by molar-refractivity contribution is 0.166. The predicted molar refractivity (Wildman–Crippen MR) is 77.2 cm³/mol. The SMILES string of the molecule is CC(C)S(=O)(=O)CCC1(C#N)COc2ccccc2C1. The summed E-state index contributed by atoms with van der Waals surface area (Å²) in [4.78, 5) is 0. The van der Waals surface area contributed by atoms with Gasteiger partial charge in [0.2, 0.25) is 0 Å². The zero-order chi connectivity index (χ0) is 14.8. The smallest absolute Gasteiger partial charge is 0.152 e. The topological polar surface area (TPSA) is 67.2 Å². The molecular weight excluding hydrogens is 274 g/mol. The number of rotatable bonds is 4. The Labute approximate surface area is 120 Å². The summed E-state index contributed by atoms with van der Waals surface area (Å²) >= 11 is 0. The Bertz CT molecular complexity index is 631. The Hall–Kier alpha value is -1.54. The Morgan fingerprint density at radius 1 is 1.40 bits per heavy atom. The molecule has 0 saturated carbocycles. The van der Waals surface area contributed by atoms with Crippen LogP contribution in [0.25, 0.3) is 0 Å². The molecule has 0 aromatic heterocycles. The molecule has 0 aliphatic carbocycles. The summed E-state index contributed by atoms with van der Waals surface area (Å²) in [5, 5.41) is 9.07. The standard InChI is InChI=1S/C15H19NO3S/c1-12(2)20(17,18)8-7-15(10-16)9-13-5-3-4-6-14(13)19-11-15/h3-6,12H,7-9,11H2,1-2H3. The molecule has 1 unspecified atom stereocenters. The van der Waals surface area contributed by atoms with E-state index in [-0.39, 0.29) is 12.4 Å². The molecule has 0 amide bonds. The van der Waals surface area contributed by atoms with Gasteiger partial charge in [0, 0.05) is 0 Å². The van der Waals surface area contributed by atoms with E-state index >= 15 is 0 Å². The van der Waals surface area contributed by atoms with Crippen molar-refractivity contribution < 1.29 is 13.2 Å². The van der Waals surface area contributed by atoms with Gasteiger partial charge >= 0.3 is 0 Å². The van der Waals surface area contributed by atoms with Gasteiger partial charge in [0.25, 0.3) is 0 Å². The fourth-order valence-corrected chi connectivity index (χ4v) is 3.43. The zero-order valence-corrected chi connectivity index (χ0v) is 12.6. The molecule has 1 heterocycles. The van der Waals surface area contributed by atoms with E-state index in [1.807, 2.05) is 24.3 Å². The van der Waals surface area contributed by atoms with Crippen molar-refractivity contribution in [3.05, 3.63) is 29.8 Å². The van der Waals surface area contributed by atoms with Crippen molar-refractivity contribution in [2.75, 3.05) is 12.4 Å². The van der Waals surface area contributed by atoms with Crippen LogP contribution in [-0.2, 0) is 16.3 Å². The molecule has 4 nitrogen and oxygen atoms in total. The van der Waals surface area contributed by atoms with E-state index in [0.29, 0.717) is 12.8 Å². The number of sulfone groups is 1. The van der Waals surface area contributed by atoms with E-state index in [0.717, 1.165) is 11.3 Å². The van der Waals surface area contributed by atoms with Crippen molar-refractivity contribution in [3.63, 3.8) is 0 Å². The molecule has 2 rings (SSSR count). The second-order valence-corrected chi connectivity index (χ2v) is 8.31. The molecule has 0 bridgehead atoms. The molecule has 1 aromatic carbocycles. The van der Waals surface area contributed by atoms with Crippen molar-refractivity contribution in [2.24, 2.45) is 5.41 Å². The maximum absolute atomic E-state index is 11.9. The Morgan fingerprint density at radius 2 is 2.10 bits per heavy atom. The molecule has 5 heteroatoms. The molecule has 1 aromatic rings. The first kappa shape index (κ1) is 14.9. The van der Waals surface area contributed by atoms with Crippen molar-refractivity contribution in [2.45, 2.75) is 31.9 Å². The minimum atomic E-state index is -3.13. The molecule has 108 valence electrons. The number of benzene rings is 1. The molecule has 1 aliphatic heterocycles. The Balaban J connectivity index is 2.16. The lowest BCUT2D eigenvalue weighted by atomic mass is 9.79. The fourth-order valence-electron chi connectivity index (χ4n) is 2.28. The summed E-state index contributed by atoms with van der Waals surface area (Å²) in [6, 6.07) is 9.88. The van der Waals surface area contributed by atoms with Crippen LogP contribution < -0.4 is 4.74 Å². The predicted octanol–water partition coefficient (Wildman–Crippen LogP) is 2.34. The van der Waals surface area contributed by atoms with Gasteiger partial charge in [-0.2, -0.15) is 5.26 Å². The number of hydrogen-bond donors (Lipinski definition) is 0. The highest BCUT2D eigenvalue weighted by Crippen LogP contribution is 2.36. The number of para-hydroxylation sites is 1. The second kappa shape index (κ2) is 5.45. The van der Waals surface area contributed by atoms with Crippen LogP contribution >= 0.6 is 0 Å². The highest BCUT2D eigenvalue weighted by atomic mass is 32.2. The van der Waals surface area contributed by atoms with E-state index in [4.69, 9.17) is 4.74 Å². The highest BCUT2D eigenvalue weighted by Gasteiger charge is 2.37. The van der Waals surface area contributed by atoms with E-state index in [2.05, 4.69) is 6.07 Å². The van der Waals surface area contributed by atoms with Crippen molar-refractivity contribution in [3.8, 4) is 11.8 Å². The fraction of sp³-hybridized carbons (Fsp3) is 0.533. The molecule has 0 saturated heterocycles. The van der Waals surface area contributed by atoms with Crippen LogP contribution in [0.15, 0.2) is 24.3 Å². The third kappa shape index (κ3) is 2.96. The van der Waals surface area contributed by atoms with Crippen LogP contribution in [0.4, 0.5) is 0 Å². The Morgan fingerprint density at radius 3 is 2.75 bits per heavy atom. The number of ether oxygens (including phenoxy) is 1. The Kier molecular flexibility index (Phi) is 4.05. The lowest BCUT2D eigenvalue weighted by Gasteiger charge is -2.32. The highest BCUT2D eigenvalue weighted by molar-refractivity contribution is 7.91. The maximum atomic E-state index is 11.9. The number of fused-ring (bicyclic) bond motifs is 1. The monoisotopic (exact) mass is 293 g/mol. The van der Waals surface area contributed by atoms with Crippen molar-refractivity contribution in [1.29, 1.82) is 5.26 Å². The van der Waals surface area contributed by atoms with Gasteiger partial charge in [-0.1, -0.05) is 18.2 Å². The number of nitriles is 1. The average molecular weight is 293 g/mol. The van der Waals surface area contributed by atoms with Crippen LogP contribution in [-0.4, -0.2) is 26.0 Å². The summed E-state index contributed by atoms with van der Waals surface area (Å²) < 4.78 is 29.5. The summed E-state index contributed by atoms with van der Waals surface area (Å²) in [5.41, 5.74) is 0.235. The first-order valence-corrected chi connectivity index (χ1v) is 8.44. The van der Waals surface area contributed by atoms with E-state index in [1.165, 1.54) is 0 Å². The quantitative estimate of drug-likeness (QED) is 0.854. The molecule has 1 aliphatic rings. The average Bonchev–Trinajstić information content (AvgIpc) is 2.45. The summed E-state index contributed by atoms with van der Waals surface area (Å²) in [5.74, 6) is 0.828. The number of nitrogens with zero attached hydrogens (tertiary/aromatic N) is 1. The van der Waals surface area contributed by atoms with Gasteiger partial charge in [0.05, 0.1) is 22.5 Å².